The summed E-state index contributed by atoms with van der Waals surface area (Å²) in [4.78, 5) is 17.4. The molecule has 3 aliphatic rings. The Bertz CT molecular complexity index is 2150. The molecule has 240 valence electrons. The number of fused-ring (bicyclic) bond motifs is 4. The predicted octanol–water partition coefficient (Wildman–Crippen LogP) is 9.00. The number of hydrogen-bond donors (Lipinski definition) is 0. The molecule has 6 rings (SSSR count). The molecule has 1 unspecified atom stereocenters. The van der Waals surface area contributed by atoms with Crippen molar-refractivity contribution in [3.05, 3.63) is 104 Å². The lowest BCUT2D eigenvalue weighted by Crippen LogP contribution is -2.24. The van der Waals surface area contributed by atoms with Gasteiger partial charge >= 0.3 is 5.97 Å². The standard InChI is InChI=1S/C38H32N4O3S3/c1-22(2)36(43)44-14-13-42(6)26-9-7-23(8-10-26)31-17-32-35(47-31)28-16-25-15-27(48-38(25,5)18-33(28)46-32)11-12-30-29(21-41)34(24(19-39)20-40)45-37(30,3)4/h7-12,15-17H,1,13-14,18H2,2-6H3/b12-11+. The Morgan fingerprint density at radius 2 is 1.83 bits per heavy atom. The molecular formula is C38H32N4O3S3. The summed E-state index contributed by atoms with van der Waals surface area (Å²) >= 11 is 5.50. The summed E-state index contributed by atoms with van der Waals surface area (Å²) in [7, 11) is 1.98. The molecule has 0 saturated heterocycles. The van der Waals surface area contributed by atoms with Crippen LogP contribution in [0.3, 0.4) is 0 Å². The minimum absolute atomic E-state index is 0.0504. The van der Waals surface area contributed by atoms with E-state index >= 15 is 0 Å². The van der Waals surface area contributed by atoms with Crippen molar-refractivity contribution < 1.29 is 14.3 Å². The Morgan fingerprint density at radius 1 is 1.10 bits per heavy atom. The SMILES string of the molecule is C=C(C)C(=O)OCCN(C)c1ccc(-c2cc3sc4c(c3s2)C=C2C=C(/C=C/C3=C(C#N)C(=C(C#N)C#N)OC3(C)C)SC2(C)C4)cc1. The van der Waals surface area contributed by atoms with E-state index < -0.39 is 5.60 Å². The maximum atomic E-state index is 11.7. The number of allylic oxidation sites excluding steroid dienone is 4. The molecule has 48 heavy (non-hydrogen) atoms. The zero-order valence-electron chi connectivity index (χ0n) is 27.3. The fraction of sp³-hybridized carbons (Fsp3) is 0.263. The van der Waals surface area contributed by atoms with Crippen LogP contribution in [-0.2, 0) is 20.7 Å². The van der Waals surface area contributed by atoms with Gasteiger partial charge in [-0.3, -0.25) is 0 Å². The fourth-order valence-corrected chi connectivity index (χ4v) is 10.1. The molecular weight excluding hydrogens is 657 g/mol. The van der Waals surface area contributed by atoms with Crippen molar-refractivity contribution in [2.75, 3.05) is 25.1 Å². The van der Waals surface area contributed by atoms with Gasteiger partial charge in [0.05, 0.1) is 11.2 Å². The lowest BCUT2D eigenvalue weighted by molar-refractivity contribution is -0.138. The summed E-state index contributed by atoms with van der Waals surface area (Å²) in [6, 6.07) is 16.6. The van der Waals surface area contributed by atoms with Crippen molar-refractivity contribution >= 4 is 61.6 Å². The number of nitrogens with zero attached hydrogens (tertiary/aromatic N) is 4. The number of carbonyl (C=O) groups is 1. The lowest BCUT2D eigenvalue weighted by atomic mass is 9.88. The van der Waals surface area contributed by atoms with Gasteiger partial charge in [-0.15, -0.1) is 34.4 Å². The largest absolute Gasteiger partial charge is 0.480 e. The molecule has 2 aromatic heterocycles. The molecule has 0 fully saturated rings. The average molecular weight is 689 g/mol. The molecule has 2 aliphatic heterocycles. The molecule has 0 N–H and O–H groups in total. The minimum Gasteiger partial charge on any atom is -0.480 e. The van der Waals surface area contributed by atoms with Crippen LogP contribution in [0.1, 0.15) is 38.1 Å². The van der Waals surface area contributed by atoms with Gasteiger partial charge in [0.1, 0.15) is 36.0 Å². The fourth-order valence-electron chi connectivity index (χ4n) is 5.96. The molecule has 0 saturated carbocycles. The first kappa shape index (κ1) is 33.1. The highest BCUT2D eigenvalue weighted by Gasteiger charge is 2.41. The topological polar surface area (TPSA) is 110 Å². The number of hydrogen-bond acceptors (Lipinski definition) is 10. The summed E-state index contributed by atoms with van der Waals surface area (Å²) < 4.78 is 13.7. The van der Waals surface area contributed by atoms with Crippen molar-refractivity contribution in [1.29, 1.82) is 15.8 Å². The van der Waals surface area contributed by atoms with E-state index in [2.05, 4.69) is 67.0 Å². The Labute approximate surface area is 292 Å². The molecule has 0 amide bonds. The van der Waals surface area contributed by atoms with E-state index in [1.54, 1.807) is 6.92 Å². The number of carbonyl (C=O) groups excluding carboxylic acids is 1. The molecule has 1 aliphatic carbocycles. The van der Waals surface area contributed by atoms with E-state index in [1.807, 2.05) is 79.6 Å². The van der Waals surface area contributed by atoms with Gasteiger partial charge in [-0.2, -0.15) is 15.8 Å². The molecule has 4 heterocycles. The molecule has 0 bridgehead atoms. The second-order valence-corrected chi connectivity index (χ2v) is 16.3. The quantitative estimate of drug-likeness (QED) is 0.131. The van der Waals surface area contributed by atoms with Crippen LogP contribution in [0.15, 0.2) is 93.7 Å². The van der Waals surface area contributed by atoms with Crippen molar-refractivity contribution in [3.63, 3.8) is 0 Å². The Hall–Kier alpha value is -4.79. The Morgan fingerprint density at radius 3 is 2.50 bits per heavy atom. The van der Waals surface area contributed by atoms with Crippen LogP contribution >= 0.6 is 34.4 Å². The zero-order chi connectivity index (χ0) is 34.4. The Kier molecular flexibility index (Phi) is 8.75. The van der Waals surface area contributed by atoms with Gasteiger partial charge in [-0.25, -0.2) is 4.79 Å². The number of benzene rings is 1. The van der Waals surface area contributed by atoms with Crippen LogP contribution in [0, 0.1) is 34.0 Å². The molecule has 1 atom stereocenters. The zero-order valence-corrected chi connectivity index (χ0v) is 29.7. The number of rotatable bonds is 8. The predicted molar refractivity (Wildman–Crippen MR) is 195 cm³/mol. The average Bonchev–Trinajstić information content (AvgIpc) is 3.76. The third-order valence-corrected chi connectivity index (χ3v) is 12.4. The third-order valence-electron chi connectivity index (χ3n) is 8.61. The number of thioether (sulfide) groups is 1. The van der Waals surface area contributed by atoms with E-state index in [4.69, 9.17) is 9.47 Å². The summed E-state index contributed by atoms with van der Waals surface area (Å²) in [5.74, 6) is -0.318. The van der Waals surface area contributed by atoms with Crippen molar-refractivity contribution in [1.82, 2.24) is 0 Å². The first-order valence-electron chi connectivity index (χ1n) is 15.3. The highest BCUT2D eigenvalue weighted by atomic mass is 32.2. The summed E-state index contributed by atoms with van der Waals surface area (Å²) in [6.45, 7) is 12.1. The van der Waals surface area contributed by atoms with E-state index in [1.165, 1.54) is 35.9 Å². The third kappa shape index (κ3) is 6.02. The summed E-state index contributed by atoms with van der Waals surface area (Å²) in [6.07, 6.45) is 9.38. The maximum Gasteiger partial charge on any atom is 0.333 e. The number of thiophene rings is 2. The van der Waals surface area contributed by atoms with Crippen LogP contribution in [0.4, 0.5) is 5.69 Å². The van der Waals surface area contributed by atoms with Gasteiger partial charge in [0.15, 0.2) is 11.3 Å². The van der Waals surface area contributed by atoms with Crippen LogP contribution in [-0.4, -0.2) is 36.5 Å². The molecule has 10 heteroatoms. The smallest absolute Gasteiger partial charge is 0.333 e. The van der Waals surface area contributed by atoms with Gasteiger partial charge in [-0.1, -0.05) is 24.8 Å². The monoisotopic (exact) mass is 688 g/mol. The van der Waals surface area contributed by atoms with Crippen LogP contribution < -0.4 is 4.90 Å². The first-order valence-corrected chi connectivity index (χ1v) is 17.7. The minimum atomic E-state index is -0.848. The van der Waals surface area contributed by atoms with Crippen molar-refractivity contribution in [2.24, 2.45) is 0 Å². The van der Waals surface area contributed by atoms with Gasteiger partial charge in [0.2, 0.25) is 0 Å². The number of ether oxygens (including phenoxy) is 2. The second kappa shape index (κ2) is 12.7. The van der Waals surface area contributed by atoms with E-state index in [9.17, 15) is 20.6 Å². The molecule has 3 aromatic rings. The van der Waals surface area contributed by atoms with Gasteiger partial charge in [0.25, 0.3) is 0 Å². The number of esters is 1. The van der Waals surface area contributed by atoms with E-state index in [-0.39, 0.29) is 27.6 Å². The number of likely N-dealkylation sites (N-methyl/N-ethyl adjacent to an activating group) is 1. The summed E-state index contributed by atoms with van der Waals surface area (Å²) in [5.41, 5.74) is 5.01. The van der Waals surface area contributed by atoms with E-state index in [0.717, 1.165) is 17.0 Å². The van der Waals surface area contributed by atoms with Gasteiger partial charge < -0.3 is 14.4 Å². The molecule has 0 radical (unpaired) electrons. The normalized spacial score (nSPS) is 19.1. The highest BCUT2D eigenvalue weighted by molar-refractivity contribution is 8.05. The number of nitriles is 3. The van der Waals surface area contributed by atoms with Crippen LogP contribution in [0.5, 0.6) is 0 Å². The maximum absolute atomic E-state index is 11.7. The van der Waals surface area contributed by atoms with Gasteiger partial charge in [-0.05, 0) is 75.3 Å². The van der Waals surface area contributed by atoms with Crippen molar-refractivity contribution in [2.45, 2.75) is 44.5 Å². The molecule has 1 aromatic carbocycles. The Balaban J connectivity index is 1.22. The summed E-state index contributed by atoms with van der Waals surface area (Å²) in [5, 5.41) is 28.6. The van der Waals surface area contributed by atoms with Crippen LogP contribution in [0.25, 0.3) is 25.9 Å². The van der Waals surface area contributed by atoms with E-state index in [0.29, 0.717) is 24.3 Å². The second-order valence-electron chi connectivity index (χ2n) is 12.6. The molecule has 7 nitrogen and oxygen atoms in total. The van der Waals surface area contributed by atoms with Gasteiger partial charge in [0, 0.05) is 60.0 Å². The van der Waals surface area contributed by atoms with Crippen molar-refractivity contribution in [3.8, 4) is 28.6 Å². The van der Waals surface area contributed by atoms with Crippen LogP contribution in [0.2, 0.25) is 0 Å². The highest BCUT2D eigenvalue weighted by Crippen LogP contribution is 2.55. The lowest BCUT2D eigenvalue weighted by Gasteiger charge is -2.29. The number of anilines is 1. The first-order chi connectivity index (χ1) is 22.9. The molecule has 0 spiro atoms.